The van der Waals surface area contributed by atoms with E-state index in [4.69, 9.17) is 10.8 Å². The Balaban J connectivity index is 2.06. The Hall–Kier alpha value is -1.18. The minimum atomic E-state index is -1.04. The average molecular weight is 272 g/mol. The van der Waals surface area contributed by atoms with Gasteiger partial charge in [-0.2, -0.15) is 0 Å². The zero-order chi connectivity index (χ0) is 14.3. The number of piperazine rings is 1. The van der Waals surface area contributed by atoms with Gasteiger partial charge in [-0.3, -0.25) is 9.59 Å². The number of nitrogens with zero attached hydrogens (tertiary/aromatic N) is 2. The fourth-order valence-corrected chi connectivity index (χ4v) is 1.91. The van der Waals surface area contributed by atoms with E-state index in [1.807, 2.05) is 0 Å². The molecule has 0 aromatic carbocycles. The molecule has 19 heavy (non-hydrogen) atoms. The Morgan fingerprint density at radius 3 is 2.53 bits per heavy atom. The Bertz CT molecular complexity index is 303. The van der Waals surface area contributed by atoms with E-state index in [1.54, 1.807) is 0 Å². The second-order valence-electron chi connectivity index (χ2n) is 4.98. The molecular weight excluding hydrogens is 248 g/mol. The highest BCUT2D eigenvalue weighted by Crippen LogP contribution is 1.99. The van der Waals surface area contributed by atoms with Crippen LogP contribution in [-0.4, -0.2) is 79.1 Å². The molecular formula is C12H24N4O3. The van der Waals surface area contributed by atoms with Crippen LogP contribution in [0, 0.1) is 0 Å². The first kappa shape index (κ1) is 15.9. The summed E-state index contributed by atoms with van der Waals surface area (Å²) in [7, 11) is 2.09. The normalized spacial score (nSPS) is 19.1. The number of hydrogen-bond acceptors (Lipinski definition) is 5. The zero-order valence-corrected chi connectivity index (χ0v) is 11.5. The maximum Gasteiger partial charge on any atom is 0.320 e. The molecule has 0 aromatic rings. The van der Waals surface area contributed by atoms with Gasteiger partial charge in [0.25, 0.3) is 0 Å². The first-order chi connectivity index (χ1) is 8.99. The molecule has 1 amide bonds. The molecule has 1 aliphatic heterocycles. The first-order valence-corrected chi connectivity index (χ1v) is 6.65. The summed E-state index contributed by atoms with van der Waals surface area (Å²) >= 11 is 0. The fourth-order valence-electron chi connectivity index (χ4n) is 1.91. The van der Waals surface area contributed by atoms with Crippen molar-refractivity contribution in [2.24, 2.45) is 5.73 Å². The van der Waals surface area contributed by atoms with E-state index in [9.17, 15) is 9.59 Å². The summed E-state index contributed by atoms with van der Waals surface area (Å²) in [6.45, 7) is 5.13. The molecule has 0 radical (unpaired) electrons. The number of aliphatic carboxylic acids is 1. The van der Waals surface area contributed by atoms with Gasteiger partial charge in [-0.15, -0.1) is 0 Å². The molecule has 1 heterocycles. The standard InChI is InChI=1S/C12H24N4O3/c1-15-6-8-16(9-7-15)5-3-11(17)14-4-2-10(13)12(18)19/h10H,2-9,13H2,1H3,(H,14,17)(H,18,19). The van der Waals surface area contributed by atoms with Crippen LogP contribution in [0.1, 0.15) is 12.8 Å². The number of carboxylic acids is 1. The maximum atomic E-state index is 11.6. The number of hydrogen-bond donors (Lipinski definition) is 3. The summed E-state index contributed by atoms with van der Waals surface area (Å²) < 4.78 is 0. The van der Waals surface area contributed by atoms with Crippen molar-refractivity contribution in [1.82, 2.24) is 15.1 Å². The van der Waals surface area contributed by atoms with E-state index >= 15 is 0 Å². The third kappa shape index (κ3) is 6.51. The Labute approximate surface area is 113 Å². The number of amides is 1. The van der Waals surface area contributed by atoms with Crippen molar-refractivity contribution in [1.29, 1.82) is 0 Å². The highest BCUT2D eigenvalue weighted by atomic mass is 16.4. The molecule has 4 N–H and O–H groups in total. The minimum Gasteiger partial charge on any atom is -0.480 e. The zero-order valence-electron chi connectivity index (χ0n) is 11.5. The molecule has 1 aliphatic rings. The average Bonchev–Trinajstić information content (AvgIpc) is 2.37. The molecule has 0 saturated carbocycles. The summed E-state index contributed by atoms with van der Waals surface area (Å²) in [5.41, 5.74) is 5.34. The molecule has 0 bridgehead atoms. The molecule has 7 nitrogen and oxygen atoms in total. The molecule has 7 heteroatoms. The van der Waals surface area contributed by atoms with Crippen molar-refractivity contribution >= 4 is 11.9 Å². The Morgan fingerprint density at radius 2 is 1.95 bits per heavy atom. The summed E-state index contributed by atoms with van der Waals surface area (Å²) in [6, 6.07) is -0.905. The molecule has 1 fully saturated rings. The number of likely N-dealkylation sites (N-methyl/N-ethyl adjacent to an activating group) is 1. The van der Waals surface area contributed by atoms with Crippen molar-refractivity contribution < 1.29 is 14.7 Å². The van der Waals surface area contributed by atoms with Gasteiger partial charge in [0.15, 0.2) is 0 Å². The number of carbonyl (C=O) groups excluding carboxylic acids is 1. The number of nitrogens with one attached hydrogen (secondary N) is 1. The van der Waals surface area contributed by atoms with Crippen LogP contribution in [0.15, 0.2) is 0 Å². The molecule has 0 aliphatic carbocycles. The lowest BCUT2D eigenvalue weighted by molar-refractivity contribution is -0.138. The van der Waals surface area contributed by atoms with Crippen molar-refractivity contribution in [3.05, 3.63) is 0 Å². The summed E-state index contributed by atoms with van der Waals surface area (Å²) in [6.07, 6.45) is 0.710. The lowest BCUT2D eigenvalue weighted by atomic mass is 10.2. The van der Waals surface area contributed by atoms with Crippen LogP contribution in [0.3, 0.4) is 0 Å². The molecule has 110 valence electrons. The second kappa shape index (κ2) is 8.08. The summed E-state index contributed by atoms with van der Waals surface area (Å²) in [4.78, 5) is 26.6. The van der Waals surface area contributed by atoms with E-state index < -0.39 is 12.0 Å². The largest absolute Gasteiger partial charge is 0.480 e. The van der Waals surface area contributed by atoms with Crippen LogP contribution >= 0.6 is 0 Å². The van der Waals surface area contributed by atoms with E-state index in [0.717, 1.165) is 32.7 Å². The SMILES string of the molecule is CN1CCN(CCC(=O)NCCC(N)C(=O)O)CC1. The van der Waals surface area contributed by atoms with Gasteiger partial charge in [0, 0.05) is 45.7 Å². The Morgan fingerprint density at radius 1 is 1.32 bits per heavy atom. The van der Waals surface area contributed by atoms with Gasteiger partial charge in [0.05, 0.1) is 0 Å². The van der Waals surface area contributed by atoms with Crippen molar-refractivity contribution in [3.8, 4) is 0 Å². The summed E-state index contributed by atoms with van der Waals surface area (Å²) in [5, 5.41) is 11.3. The lowest BCUT2D eigenvalue weighted by Gasteiger charge is -2.32. The topological polar surface area (TPSA) is 98.9 Å². The highest BCUT2D eigenvalue weighted by molar-refractivity contribution is 5.76. The van der Waals surface area contributed by atoms with E-state index in [0.29, 0.717) is 13.0 Å². The third-order valence-electron chi connectivity index (χ3n) is 3.35. The molecule has 1 unspecified atom stereocenters. The van der Waals surface area contributed by atoms with Gasteiger partial charge in [-0.05, 0) is 13.5 Å². The third-order valence-corrected chi connectivity index (χ3v) is 3.35. The molecule has 0 spiro atoms. The maximum absolute atomic E-state index is 11.6. The van der Waals surface area contributed by atoms with Crippen molar-refractivity contribution in [2.45, 2.75) is 18.9 Å². The second-order valence-corrected chi connectivity index (χ2v) is 4.98. The monoisotopic (exact) mass is 272 g/mol. The van der Waals surface area contributed by atoms with Gasteiger partial charge >= 0.3 is 5.97 Å². The number of carboxylic acid groups (broad SMARTS) is 1. The van der Waals surface area contributed by atoms with Gasteiger partial charge < -0.3 is 26.0 Å². The van der Waals surface area contributed by atoms with E-state index in [1.165, 1.54) is 0 Å². The number of carbonyl (C=O) groups is 2. The van der Waals surface area contributed by atoms with Crippen LogP contribution in [0.2, 0.25) is 0 Å². The van der Waals surface area contributed by atoms with Gasteiger partial charge in [0.1, 0.15) is 6.04 Å². The highest BCUT2D eigenvalue weighted by Gasteiger charge is 2.15. The lowest BCUT2D eigenvalue weighted by Crippen LogP contribution is -2.45. The fraction of sp³-hybridized carbons (Fsp3) is 0.833. The van der Waals surface area contributed by atoms with Crippen LogP contribution in [0.5, 0.6) is 0 Å². The van der Waals surface area contributed by atoms with Gasteiger partial charge in [-0.25, -0.2) is 0 Å². The summed E-state index contributed by atoms with van der Waals surface area (Å²) in [5.74, 6) is -1.08. The van der Waals surface area contributed by atoms with Crippen LogP contribution < -0.4 is 11.1 Å². The van der Waals surface area contributed by atoms with Gasteiger partial charge in [-0.1, -0.05) is 0 Å². The predicted molar refractivity (Wildman–Crippen MR) is 71.8 cm³/mol. The van der Waals surface area contributed by atoms with Crippen LogP contribution in [0.25, 0.3) is 0 Å². The quantitative estimate of drug-likeness (QED) is 0.524. The van der Waals surface area contributed by atoms with E-state index in [-0.39, 0.29) is 12.3 Å². The predicted octanol–water partition coefficient (Wildman–Crippen LogP) is -1.46. The minimum absolute atomic E-state index is 0.0449. The molecule has 1 rings (SSSR count). The smallest absolute Gasteiger partial charge is 0.320 e. The van der Waals surface area contributed by atoms with Crippen molar-refractivity contribution in [2.75, 3.05) is 46.3 Å². The Kier molecular flexibility index (Phi) is 6.75. The molecule has 1 saturated heterocycles. The number of rotatable bonds is 7. The van der Waals surface area contributed by atoms with Crippen LogP contribution in [-0.2, 0) is 9.59 Å². The van der Waals surface area contributed by atoms with E-state index in [2.05, 4.69) is 22.2 Å². The first-order valence-electron chi connectivity index (χ1n) is 6.65. The molecule has 0 aromatic heterocycles. The number of nitrogens with two attached hydrogens (primary N) is 1. The van der Waals surface area contributed by atoms with Gasteiger partial charge in [0.2, 0.25) is 5.91 Å². The van der Waals surface area contributed by atoms with Crippen LogP contribution in [0.4, 0.5) is 0 Å². The van der Waals surface area contributed by atoms with Crippen molar-refractivity contribution in [3.63, 3.8) is 0 Å². The molecule has 1 atom stereocenters.